The van der Waals surface area contributed by atoms with Crippen LogP contribution in [0.25, 0.3) is 0 Å². The minimum Gasteiger partial charge on any atom is -0.362 e. The number of unbranched alkanes of at least 4 members (excludes halogenated alkanes) is 2. The monoisotopic (exact) mass is 565 g/mol. The average Bonchev–Trinajstić information content (AvgIpc) is 3.26. The summed E-state index contributed by atoms with van der Waals surface area (Å²) in [6, 6.07) is 8.92. The van der Waals surface area contributed by atoms with Crippen molar-refractivity contribution >= 4 is 55.5 Å². The molecule has 188 valence electrons. The topological polar surface area (TPSA) is 88.2 Å². The van der Waals surface area contributed by atoms with E-state index in [1.165, 1.54) is 17.5 Å². The third-order valence-electron chi connectivity index (χ3n) is 4.82. The molecule has 2 aromatic carbocycles. The van der Waals surface area contributed by atoms with E-state index in [1.807, 2.05) is 0 Å². The molecule has 0 bridgehead atoms. The second-order valence-corrected chi connectivity index (χ2v) is 10.9. The second kappa shape index (κ2) is 11.7. The Morgan fingerprint density at radius 1 is 1.00 bits per heavy atom. The Balaban J connectivity index is 1.42. The van der Waals surface area contributed by atoms with Gasteiger partial charge in [0.05, 0.1) is 26.7 Å². The molecule has 0 aliphatic heterocycles. The number of carbonyl (C=O) groups excluding carboxylic acids is 1. The van der Waals surface area contributed by atoms with Crippen molar-refractivity contribution in [1.29, 1.82) is 0 Å². The molecule has 1 aromatic heterocycles. The Morgan fingerprint density at radius 2 is 1.71 bits per heavy atom. The summed E-state index contributed by atoms with van der Waals surface area (Å²) >= 11 is 13.1. The summed E-state index contributed by atoms with van der Waals surface area (Å²) in [6.07, 6.45) is -1.41. The number of hydrogen-bond acceptors (Lipinski definition) is 6. The van der Waals surface area contributed by atoms with Crippen LogP contribution in [0.15, 0.2) is 53.6 Å². The first-order valence-corrected chi connectivity index (χ1v) is 13.4. The summed E-state index contributed by atoms with van der Waals surface area (Å²) in [5.41, 5.74) is -0.689. The Kier molecular flexibility index (Phi) is 9.16. The summed E-state index contributed by atoms with van der Waals surface area (Å²) in [5.74, 6) is -0.214. The predicted molar refractivity (Wildman–Crippen MR) is 131 cm³/mol. The lowest BCUT2D eigenvalue weighted by molar-refractivity contribution is -0.137. The van der Waals surface area contributed by atoms with Crippen molar-refractivity contribution < 1.29 is 26.4 Å². The Hall–Kier alpha value is -2.18. The van der Waals surface area contributed by atoms with Crippen LogP contribution in [0.2, 0.25) is 10.0 Å². The van der Waals surface area contributed by atoms with Gasteiger partial charge in [0, 0.05) is 18.7 Å². The van der Waals surface area contributed by atoms with Gasteiger partial charge in [-0.3, -0.25) is 4.79 Å². The number of thiazole rings is 1. The Labute approximate surface area is 214 Å². The van der Waals surface area contributed by atoms with E-state index in [1.54, 1.807) is 24.3 Å². The summed E-state index contributed by atoms with van der Waals surface area (Å²) in [5, 5.41) is 3.76. The number of benzene rings is 2. The maximum absolute atomic E-state index is 12.9. The number of rotatable bonds is 11. The molecule has 0 unspecified atom stereocenters. The number of anilines is 1. The first-order valence-electron chi connectivity index (χ1n) is 10.3. The number of hydrogen-bond donors (Lipinski definition) is 2. The lowest BCUT2D eigenvalue weighted by atomic mass is 10.1. The third kappa shape index (κ3) is 7.40. The van der Waals surface area contributed by atoms with Crippen molar-refractivity contribution in [2.45, 2.75) is 30.3 Å². The van der Waals surface area contributed by atoms with Crippen LogP contribution >= 0.6 is 34.5 Å². The van der Waals surface area contributed by atoms with Gasteiger partial charge in [-0.15, -0.1) is 0 Å². The van der Waals surface area contributed by atoms with E-state index in [9.17, 15) is 26.4 Å². The molecule has 35 heavy (non-hydrogen) atoms. The van der Waals surface area contributed by atoms with Gasteiger partial charge < -0.3 is 5.32 Å². The fourth-order valence-corrected chi connectivity index (χ4v) is 5.65. The number of carbonyl (C=O) groups is 1. The fraction of sp³-hybridized carbons (Fsp3) is 0.273. The average molecular weight is 566 g/mol. The first kappa shape index (κ1) is 27.4. The van der Waals surface area contributed by atoms with Gasteiger partial charge in [0.2, 0.25) is 15.8 Å². The highest BCUT2D eigenvalue weighted by molar-refractivity contribution is 7.89. The predicted octanol–water partition coefficient (Wildman–Crippen LogP) is 6.26. The number of alkyl halides is 3. The normalized spacial score (nSPS) is 12.0. The molecule has 0 saturated heterocycles. The van der Waals surface area contributed by atoms with Crippen molar-refractivity contribution in [3.8, 4) is 0 Å². The van der Waals surface area contributed by atoms with Crippen molar-refractivity contribution in [2.75, 3.05) is 18.4 Å². The summed E-state index contributed by atoms with van der Waals surface area (Å²) in [7, 11) is -4.19. The lowest BCUT2D eigenvalue weighted by Gasteiger charge is -2.12. The van der Waals surface area contributed by atoms with Crippen LogP contribution in [0.4, 0.5) is 18.3 Å². The molecule has 0 radical (unpaired) electrons. The van der Waals surface area contributed by atoms with E-state index in [-0.39, 0.29) is 17.4 Å². The molecule has 6 nitrogen and oxygen atoms in total. The number of sulfonamides is 1. The van der Waals surface area contributed by atoms with E-state index in [2.05, 4.69) is 15.0 Å². The first-order chi connectivity index (χ1) is 16.5. The number of nitrogens with one attached hydrogen (secondary N) is 2. The van der Waals surface area contributed by atoms with E-state index in [0.29, 0.717) is 52.5 Å². The highest BCUT2D eigenvalue weighted by Gasteiger charge is 2.32. The van der Waals surface area contributed by atoms with Crippen LogP contribution in [-0.2, 0) is 16.2 Å². The SMILES string of the molecule is O=C(c1cnc(NCCCCCNS(=O)(=O)c2cc(C(F)(F)F)ccc2Cl)s1)c1ccccc1Cl. The standard InChI is InChI=1S/C22H20Cl2F3N3O3S2/c23-16-7-3-2-6-15(16)20(31)18-13-29-21(34-18)28-10-4-1-5-11-30-35(32,33)19-12-14(22(25,26)27)8-9-17(19)24/h2-3,6-9,12-13,30H,1,4-5,10-11H2,(H,28,29). The summed E-state index contributed by atoms with van der Waals surface area (Å²) in [6.45, 7) is 0.585. The van der Waals surface area contributed by atoms with Gasteiger partial charge in [0.25, 0.3) is 0 Å². The molecule has 3 rings (SSSR count). The molecule has 2 N–H and O–H groups in total. The molecule has 0 atom stereocenters. The molecule has 0 aliphatic rings. The van der Waals surface area contributed by atoms with E-state index in [0.717, 1.165) is 12.1 Å². The van der Waals surface area contributed by atoms with Crippen molar-refractivity contribution in [2.24, 2.45) is 0 Å². The van der Waals surface area contributed by atoms with Crippen LogP contribution < -0.4 is 10.0 Å². The van der Waals surface area contributed by atoms with E-state index < -0.39 is 26.7 Å². The maximum atomic E-state index is 12.9. The van der Waals surface area contributed by atoms with Gasteiger partial charge in [0.1, 0.15) is 4.90 Å². The molecule has 13 heteroatoms. The highest BCUT2D eigenvalue weighted by Crippen LogP contribution is 2.33. The zero-order chi connectivity index (χ0) is 25.6. The number of nitrogens with zero attached hydrogens (tertiary/aromatic N) is 1. The zero-order valence-corrected chi connectivity index (χ0v) is 21.2. The van der Waals surface area contributed by atoms with Crippen molar-refractivity contribution in [1.82, 2.24) is 9.71 Å². The van der Waals surface area contributed by atoms with Crippen LogP contribution in [0.1, 0.15) is 40.1 Å². The lowest BCUT2D eigenvalue weighted by Crippen LogP contribution is -2.25. The van der Waals surface area contributed by atoms with E-state index in [4.69, 9.17) is 23.2 Å². The van der Waals surface area contributed by atoms with Gasteiger partial charge in [-0.25, -0.2) is 18.1 Å². The Morgan fingerprint density at radius 3 is 2.43 bits per heavy atom. The largest absolute Gasteiger partial charge is 0.416 e. The molecule has 0 amide bonds. The molecule has 0 fully saturated rings. The maximum Gasteiger partial charge on any atom is 0.416 e. The fourth-order valence-electron chi connectivity index (χ4n) is 3.03. The highest BCUT2D eigenvalue weighted by atomic mass is 35.5. The van der Waals surface area contributed by atoms with Gasteiger partial charge in [-0.2, -0.15) is 13.2 Å². The quantitative estimate of drug-likeness (QED) is 0.211. The van der Waals surface area contributed by atoms with Crippen LogP contribution in [0.5, 0.6) is 0 Å². The minimum atomic E-state index is -4.68. The molecule has 0 saturated carbocycles. The molecule has 1 heterocycles. The van der Waals surface area contributed by atoms with Crippen LogP contribution in [0.3, 0.4) is 0 Å². The van der Waals surface area contributed by atoms with Gasteiger partial charge in [0.15, 0.2) is 5.13 Å². The van der Waals surface area contributed by atoms with Crippen molar-refractivity contribution in [3.63, 3.8) is 0 Å². The van der Waals surface area contributed by atoms with E-state index >= 15 is 0 Å². The van der Waals surface area contributed by atoms with Crippen molar-refractivity contribution in [3.05, 3.63) is 74.7 Å². The third-order valence-corrected chi connectivity index (χ3v) is 8.04. The molecular formula is C22H20Cl2F3N3O3S2. The number of ketones is 1. The van der Waals surface area contributed by atoms with Gasteiger partial charge in [-0.1, -0.05) is 53.1 Å². The minimum absolute atomic E-state index is 0.0443. The smallest absolute Gasteiger partial charge is 0.362 e. The molecule has 0 aliphatic carbocycles. The summed E-state index contributed by atoms with van der Waals surface area (Å²) < 4.78 is 65.7. The number of halogens is 5. The molecule has 0 spiro atoms. The van der Waals surface area contributed by atoms with Crippen LogP contribution in [-0.4, -0.2) is 32.3 Å². The zero-order valence-electron chi connectivity index (χ0n) is 18.0. The van der Waals surface area contributed by atoms with Crippen LogP contribution in [0, 0.1) is 0 Å². The Bertz CT molecular complexity index is 1300. The van der Waals surface area contributed by atoms with Gasteiger partial charge >= 0.3 is 6.18 Å². The summed E-state index contributed by atoms with van der Waals surface area (Å²) in [4.78, 5) is 16.6. The van der Waals surface area contributed by atoms with Gasteiger partial charge in [-0.05, 0) is 43.2 Å². The second-order valence-electron chi connectivity index (χ2n) is 7.37. The number of aromatic nitrogens is 1. The molecular weight excluding hydrogens is 546 g/mol. The molecule has 3 aromatic rings.